The third kappa shape index (κ3) is 2.78. The van der Waals surface area contributed by atoms with Crippen LogP contribution in [0, 0.1) is 10.1 Å². The van der Waals surface area contributed by atoms with E-state index in [-0.39, 0.29) is 16.0 Å². The van der Waals surface area contributed by atoms with Crippen LogP contribution in [0.3, 0.4) is 0 Å². The zero-order valence-electron chi connectivity index (χ0n) is 19.5. The Bertz CT molecular complexity index is 1660. The van der Waals surface area contributed by atoms with Crippen LogP contribution in [-0.2, 0) is 5.41 Å². The lowest BCUT2D eigenvalue weighted by Gasteiger charge is -2.36. The molecule has 1 spiro atoms. The average Bonchev–Trinajstić information content (AvgIpc) is 3.17. The summed E-state index contributed by atoms with van der Waals surface area (Å²) in [4.78, 5) is 12.1. The minimum atomic E-state index is -0.227. The molecule has 1 saturated carbocycles. The Morgan fingerprint density at radius 3 is 2.11 bits per heavy atom. The quantitative estimate of drug-likeness (QED) is 0.197. The summed E-state index contributed by atoms with van der Waals surface area (Å²) in [6, 6.07) is 31.2. The zero-order valence-corrected chi connectivity index (χ0v) is 19.5. The van der Waals surface area contributed by atoms with E-state index in [1.54, 1.807) is 6.07 Å². The topological polar surface area (TPSA) is 43.1 Å². The number of rotatable bonds is 2. The molecule has 5 aromatic carbocycles. The predicted molar refractivity (Wildman–Crippen MR) is 143 cm³/mol. The smallest absolute Gasteiger partial charge is 0.258 e. The van der Waals surface area contributed by atoms with Gasteiger partial charge in [0.2, 0.25) is 0 Å². The van der Waals surface area contributed by atoms with Crippen molar-refractivity contribution in [1.29, 1.82) is 0 Å². The Labute approximate surface area is 204 Å². The average molecular weight is 456 g/mol. The molecule has 0 aromatic heterocycles. The first-order valence-corrected chi connectivity index (χ1v) is 12.5. The Hall–Kier alpha value is -3.98. The van der Waals surface area contributed by atoms with Gasteiger partial charge in [-0.3, -0.25) is 10.1 Å². The molecule has 0 radical (unpaired) electrons. The van der Waals surface area contributed by atoms with E-state index >= 15 is 0 Å². The number of hydrogen-bond acceptors (Lipinski definition) is 2. The summed E-state index contributed by atoms with van der Waals surface area (Å²) in [5.41, 5.74) is 7.31. The van der Waals surface area contributed by atoms with Crippen LogP contribution < -0.4 is 0 Å². The number of nitro groups is 1. The van der Waals surface area contributed by atoms with Gasteiger partial charge in [-0.25, -0.2) is 0 Å². The number of benzene rings is 5. The molecule has 0 heterocycles. The Balaban J connectivity index is 1.66. The van der Waals surface area contributed by atoms with Crippen LogP contribution >= 0.6 is 0 Å². The van der Waals surface area contributed by atoms with Gasteiger partial charge >= 0.3 is 0 Å². The van der Waals surface area contributed by atoms with E-state index in [4.69, 9.17) is 0 Å². The molecule has 0 atom stereocenters. The molecular weight excluding hydrogens is 430 g/mol. The van der Waals surface area contributed by atoms with Crippen molar-refractivity contribution >= 4 is 27.2 Å². The minimum Gasteiger partial charge on any atom is -0.258 e. The van der Waals surface area contributed by atoms with Crippen LogP contribution in [0.5, 0.6) is 0 Å². The van der Waals surface area contributed by atoms with E-state index in [0.717, 1.165) is 40.1 Å². The molecule has 0 bridgehead atoms. The summed E-state index contributed by atoms with van der Waals surface area (Å²) in [6.45, 7) is 0. The minimum absolute atomic E-state index is 0.0116. The van der Waals surface area contributed by atoms with Crippen LogP contribution in [0.1, 0.15) is 43.2 Å². The molecule has 0 aliphatic heterocycles. The van der Waals surface area contributed by atoms with Crippen molar-refractivity contribution in [3.05, 3.63) is 112 Å². The van der Waals surface area contributed by atoms with Gasteiger partial charge in [-0.15, -0.1) is 0 Å². The zero-order chi connectivity index (χ0) is 23.6. The van der Waals surface area contributed by atoms with E-state index in [0.29, 0.717) is 0 Å². The lowest BCUT2D eigenvalue weighted by Crippen LogP contribution is -2.28. The summed E-state index contributed by atoms with van der Waals surface area (Å²) < 4.78 is 0. The molecule has 0 N–H and O–H groups in total. The van der Waals surface area contributed by atoms with Gasteiger partial charge in [0.15, 0.2) is 0 Å². The van der Waals surface area contributed by atoms with E-state index in [2.05, 4.69) is 48.5 Å². The second-order valence-electron chi connectivity index (χ2n) is 10.0. The van der Waals surface area contributed by atoms with E-state index in [1.165, 1.54) is 46.9 Å². The van der Waals surface area contributed by atoms with Crippen molar-refractivity contribution in [2.45, 2.75) is 37.5 Å². The summed E-state index contributed by atoms with van der Waals surface area (Å²) in [7, 11) is 0. The third-order valence-electron chi connectivity index (χ3n) is 8.35. The Morgan fingerprint density at radius 1 is 0.629 bits per heavy atom. The normalized spacial score (nSPS) is 15.9. The Morgan fingerprint density at radius 2 is 1.31 bits per heavy atom. The van der Waals surface area contributed by atoms with Crippen molar-refractivity contribution in [2.75, 3.05) is 0 Å². The van der Waals surface area contributed by atoms with Gasteiger partial charge in [-0.1, -0.05) is 92.1 Å². The molecule has 2 aliphatic carbocycles. The first-order valence-electron chi connectivity index (χ1n) is 12.5. The highest BCUT2D eigenvalue weighted by atomic mass is 16.6. The van der Waals surface area contributed by atoms with Crippen molar-refractivity contribution < 1.29 is 4.92 Å². The second kappa shape index (κ2) is 7.51. The molecule has 7 rings (SSSR count). The summed E-state index contributed by atoms with van der Waals surface area (Å²) >= 11 is 0. The summed E-state index contributed by atoms with van der Waals surface area (Å²) in [5, 5.41) is 16.5. The van der Waals surface area contributed by atoms with Gasteiger partial charge < -0.3 is 0 Å². The number of fused-ring (bicyclic) bond motifs is 8. The molecule has 3 nitrogen and oxygen atoms in total. The first kappa shape index (κ1) is 20.4. The van der Waals surface area contributed by atoms with Gasteiger partial charge in [0.25, 0.3) is 5.69 Å². The largest absolute Gasteiger partial charge is 0.277 e. The number of hydrogen-bond donors (Lipinski definition) is 0. The molecular formula is C32H25NO2. The number of nitro benzene ring substituents is 1. The van der Waals surface area contributed by atoms with E-state index in [1.807, 2.05) is 36.4 Å². The van der Waals surface area contributed by atoms with Crippen molar-refractivity contribution in [2.24, 2.45) is 0 Å². The van der Waals surface area contributed by atoms with Crippen molar-refractivity contribution in [3.63, 3.8) is 0 Å². The van der Waals surface area contributed by atoms with Gasteiger partial charge in [0, 0.05) is 11.5 Å². The van der Waals surface area contributed by atoms with Gasteiger partial charge in [-0.2, -0.15) is 0 Å². The lowest BCUT2D eigenvalue weighted by atomic mass is 9.67. The fourth-order valence-electron chi connectivity index (χ4n) is 6.90. The molecule has 0 unspecified atom stereocenters. The highest BCUT2D eigenvalue weighted by Gasteiger charge is 2.44. The van der Waals surface area contributed by atoms with E-state index < -0.39 is 0 Å². The van der Waals surface area contributed by atoms with Gasteiger partial charge in [0.1, 0.15) is 0 Å². The SMILES string of the molecule is O=[N+]([O-])c1ccc2ccccc2c1-c1cc2c(c3ccccc13)-c1ccccc1C21CCCCC1. The molecule has 0 amide bonds. The van der Waals surface area contributed by atoms with Gasteiger partial charge in [0.05, 0.1) is 10.5 Å². The molecule has 2 aliphatic rings. The van der Waals surface area contributed by atoms with Crippen molar-refractivity contribution in [3.8, 4) is 22.3 Å². The van der Waals surface area contributed by atoms with Crippen LogP contribution in [-0.4, -0.2) is 4.92 Å². The van der Waals surface area contributed by atoms with Crippen molar-refractivity contribution in [1.82, 2.24) is 0 Å². The van der Waals surface area contributed by atoms with Crippen LogP contribution in [0.15, 0.2) is 91.0 Å². The lowest BCUT2D eigenvalue weighted by molar-refractivity contribution is -0.384. The molecule has 35 heavy (non-hydrogen) atoms. The number of nitrogens with zero attached hydrogens (tertiary/aromatic N) is 1. The highest BCUT2D eigenvalue weighted by molar-refractivity contribution is 6.14. The Kier molecular flexibility index (Phi) is 4.38. The maximum absolute atomic E-state index is 12.3. The summed E-state index contributed by atoms with van der Waals surface area (Å²) in [6.07, 6.45) is 5.96. The second-order valence-corrected chi connectivity index (χ2v) is 10.0. The summed E-state index contributed by atoms with van der Waals surface area (Å²) in [5.74, 6) is 0. The highest BCUT2D eigenvalue weighted by Crippen LogP contribution is 2.59. The van der Waals surface area contributed by atoms with Crippen LogP contribution in [0.25, 0.3) is 43.8 Å². The fourth-order valence-corrected chi connectivity index (χ4v) is 6.90. The van der Waals surface area contributed by atoms with Crippen LogP contribution in [0.4, 0.5) is 5.69 Å². The van der Waals surface area contributed by atoms with Gasteiger partial charge in [-0.05, 0) is 74.3 Å². The maximum Gasteiger partial charge on any atom is 0.277 e. The molecule has 5 aromatic rings. The first-order chi connectivity index (χ1) is 17.2. The molecule has 170 valence electrons. The maximum atomic E-state index is 12.3. The molecule has 3 heteroatoms. The third-order valence-corrected chi connectivity index (χ3v) is 8.35. The fraction of sp³-hybridized carbons (Fsp3) is 0.188. The van der Waals surface area contributed by atoms with Crippen LogP contribution in [0.2, 0.25) is 0 Å². The predicted octanol–water partition coefficient (Wildman–Crippen LogP) is 8.80. The molecule has 0 saturated heterocycles. The molecule has 1 fully saturated rings. The standard InChI is InChI=1S/C32H25NO2/c34-33(35)29-17-16-21-10-2-3-11-22(21)31(29)26-20-28-30(24-13-5-4-12-23(24)26)25-14-6-7-15-27(25)32(28)18-8-1-9-19-32/h2-7,10-17,20H,1,8-9,18-19H2. The van der Waals surface area contributed by atoms with E-state index in [9.17, 15) is 10.1 Å². The monoisotopic (exact) mass is 455 g/mol.